The minimum atomic E-state index is -1.02. The molecule has 0 bridgehead atoms. The SMILES string of the molecule is Cc1cc(C=NN=C2NC(=O)C(CC(=O)O)S2)cc2c1OC(C)(C)C2. The van der Waals surface area contributed by atoms with Crippen LogP contribution >= 0.6 is 11.8 Å². The fraction of sp³-hybridized carbons (Fsp3) is 0.412. The van der Waals surface area contributed by atoms with Crippen molar-refractivity contribution in [2.45, 2.75) is 44.5 Å². The first-order valence-corrected chi connectivity index (χ1v) is 8.74. The van der Waals surface area contributed by atoms with Gasteiger partial charge in [0, 0.05) is 6.42 Å². The lowest BCUT2D eigenvalue weighted by molar-refractivity contribution is -0.138. The fourth-order valence-electron chi connectivity index (χ4n) is 2.89. The number of amides is 1. The molecular formula is C17H19N3O4S. The number of hydrogen-bond donors (Lipinski definition) is 2. The van der Waals surface area contributed by atoms with Gasteiger partial charge in [-0.2, -0.15) is 5.10 Å². The van der Waals surface area contributed by atoms with Gasteiger partial charge in [-0.15, -0.1) is 5.10 Å². The molecule has 1 atom stereocenters. The molecule has 1 unspecified atom stereocenters. The zero-order chi connectivity index (χ0) is 18.2. The highest BCUT2D eigenvalue weighted by atomic mass is 32.2. The summed E-state index contributed by atoms with van der Waals surface area (Å²) >= 11 is 1.08. The van der Waals surface area contributed by atoms with Gasteiger partial charge in [0.05, 0.1) is 12.6 Å². The molecule has 1 aromatic rings. The maximum absolute atomic E-state index is 11.6. The largest absolute Gasteiger partial charge is 0.487 e. The highest BCUT2D eigenvalue weighted by Gasteiger charge is 2.32. The fourth-order valence-corrected chi connectivity index (χ4v) is 3.81. The number of rotatable bonds is 4. The number of carboxylic acid groups (broad SMARTS) is 1. The standard InChI is InChI=1S/C17H19N3O4S/c1-9-4-10(5-11-7-17(2,3)24-14(9)11)8-18-20-16-19-15(23)12(25-16)6-13(21)22/h4-5,8,12H,6-7H2,1-3H3,(H,21,22)(H,19,20,23). The molecule has 3 rings (SSSR count). The van der Waals surface area contributed by atoms with Crippen molar-refractivity contribution in [3.63, 3.8) is 0 Å². The zero-order valence-corrected chi connectivity index (χ0v) is 15.0. The van der Waals surface area contributed by atoms with E-state index in [0.29, 0.717) is 5.17 Å². The predicted octanol–water partition coefficient (Wildman–Crippen LogP) is 2.10. The molecule has 0 saturated carbocycles. The van der Waals surface area contributed by atoms with Crippen LogP contribution in [0.15, 0.2) is 22.3 Å². The Kier molecular flexibility index (Phi) is 4.55. The van der Waals surface area contributed by atoms with Crippen LogP contribution in [0, 0.1) is 6.92 Å². The van der Waals surface area contributed by atoms with Crippen molar-refractivity contribution in [3.8, 4) is 5.75 Å². The Morgan fingerprint density at radius 1 is 1.52 bits per heavy atom. The molecule has 1 amide bonds. The number of carbonyl (C=O) groups is 2. The van der Waals surface area contributed by atoms with Crippen molar-refractivity contribution in [2.75, 3.05) is 0 Å². The number of benzene rings is 1. The second kappa shape index (κ2) is 6.51. The van der Waals surface area contributed by atoms with Crippen LogP contribution in [0.1, 0.15) is 37.0 Å². The van der Waals surface area contributed by atoms with E-state index in [-0.39, 0.29) is 17.9 Å². The summed E-state index contributed by atoms with van der Waals surface area (Å²) in [4.78, 5) is 22.3. The number of aryl methyl sites for hydroxylation is 1. The number of carboxylic acids is 1. The van der Waals surface area contributed by atoms with Crippen molar-refractivity contribution >= 4 is 35.0 Å². The van der Waals surface area contributed by atoms with E-state index < -0.39 is 11.2 Å². The third kappa shape index (κ3) is 4.01. The molecule has 8 heteroatoms. The van der Waals surface area contributed by atoms with E-state index in [0.717, 1.165) is 40.6 Å². The molecule has 2 N–H and O–H groups in total. The summed E-state index contributed by atoms with van der Waals surface area (Å²) in [6.45, 7) is 6.10. The number of nitrogens with one attached hydrogen (secondary N) is 1. The van der Waals surface area contributed by atoms with Gasteiger partial charge in [-0.3, -0.25) is 9.59 Å². The topological polar surface area (TPSA) is 100 Å². The van der Waals surface area contributed by atoms with Crippen LogP contribution in [0.25, 0.3) is 0 Å². The number of nitrogens with zero attached hydrogens (tertiary/aromatic N) is 2. The van der Waals surface area contributed by atoms with Gasteiger partial charge in [0.25, 0.3) is 0 Å². The van der Waals surface area contributed by atoms with Crippen molar-refractivity contribution in [1.29, 1.82) is 0 Å². The normalized spacial score (nSPS) is 22.9. The number of ether oxygens (including phenoxy) is 1. The van der Waals surface area contributed by atoms with E-state index in [9.17, 15) is 9.59 Å². The highest BCUT2D eigenvalue weighted by molar-refractivity contribution is 8.15. The van der Waals surface area contributed by atoms with Crippen molar-refractivity contribution in [2.24, 2.45) is 10.2 Å². The zero-order valence-electron chi connectivity index (χ0n) is 14.2. The summed E-state index contributed by atoms with van der Waals surface area (Å²) in [6, 6.07) is 3.99. The van der Waals surface area contributed by atoms with Crippen LogP contribution in [0.3, 0.4) is 0 Å². The van der Waals surface area contributed by atoms with E-state index in [1.807, 2.05) is 19.1 Å². The Morgan fingerprint density at radius 3 is 3.00 bits per heavy atom. The monoisotopic (exact) mass is 361 g/mol. The van der Waals surface area contributed by atoms with E-state index in [4.69, 9.17) is 9.84 Å². The van der Waals surface area contributed by atoms with Crippen molar-refractivity contribution < 1.29 is 19.4 Å². The average molecular weight is 361 g/mol. The lowest BCUT2D eigenvalue weighted by Crippen LogP contribution is -2.26. The molecule has 0 aromatic heterocycles. The Morgan fingerprint density at radius 2 is 2.28 bits per heavy atom. The minimum absolute atomic E-state index is 0.201. The minimum Gasteiger partial charge on any atom is -0.487 e. The van der Waals surface area contributed by atoms with Crippen LogP contribution < -0.4 is 10.1 Å². The Labute approximate surface area is 149 Å². The summed E-state index contributed by atoms with van der Waals surface area (Å²) in [6.07, 6.45) is 2.21. The maximum Gasteiger partial charge on any atom is 0.305 e. The molecule has 1 saturated heterocycles. The average Bonchev–Trinajstić information content (AvgIpc) is 2.98. The first-order valence-electron chi connectivity index (χ1n) is 7.86. The van der Waals surface area contributed by atoms with E-state index >= 15 is 0 Å². The van der Waals surface area contributed by atoms with Crippen molar-refractivity contribution in [1.82, 2.24) is 5.32 Å². The molecular weight excluding hydrogens is 342 g/mol. The van der Waals surface area contributed by atoms with Gasteiger partial charge in [-0.05, 0) is 49.6 Å². The van der Waals surface area contributed by atoms with Crippen LogP contribution in [0.5, 0.6) is 5.75 Å². The predicted molar refractivity (Wildman–Crippen MR) is 96.4 cm³/mol. The third-order valence-electron chi connectivity index (χ3n) is 3.86. The molecule has 1 fully saturated rings. The highest BCUT2D eigenvalue weighted by Crippen LogP contribution is 2.37. The number of aliphatic carboxylic acids is 1. The van der Waals surface area contributed by atoms with Crippen LogP contribution in [-0.4, -0.2) is 39.2 Å². The third-order valence-corrected chi connectivity index (χ3v) is 4.93. The number of fused-ring (bicyclic) bond motifs is 1. The molecule has 2 aliphatic heterocycles. The Hall–Kier alpha value is -2.35. The molecule has 2 aliphatic rings. The molecule has 1 aromatic carbocycles. The molecule has 132 valence electrons. The second-order valence-electron chi connectivity index (χ2n) is 6.71. The summed E-state index contributed by atoms with van der Waals surface area (Å²) in [5.74, 6) is -0.436. The van der Waals surface area contributed by atoms with Gasteiger partial charge in [0.2, 0.25) is 5.91 Å². The van der Waals surface area contributed by atoms with Gasteiger partial charge in [0.15, 0.2) is 5.17 Å². The first-order chi connectivity index (χ1) is 11.7. The van der Waals surface area contributed by atoms with Crippen LogP contribution in [-0.2, 0) is 16.0 Å². The molecule has 0 aliphatic carbocycles. The van der Waals surface area contributed by atoms with E-state index in [1.165, 1.54) is 0 Å². The van der Waals surface area contributed by atoms with Gasteiger partial charge >= 0.3 is 5.97 Å². The van der Waals surface area contributed by atoms with Crippen molar-refractivity contribution in [3.05, 3.63) is 28.8 Å². The second-order valence-corrected chi connectivity index (χ2v) is 7.90. The number of carbonyl (C=O) groups excluding carboxylic acids is 1. The van der Waals surface area contributed by atoms with Crippen LogP contribution in [0.2, 0.25) is 0 Å². The van der Waals surface area contributed by atoms with Gasteiger partial charge in [-0.25, -0.2) is 0 Å². The lowest BCUT2D eigenvalue weighted by atomic mass is 9.99. The Bertz CT molecular complexity index is 801. The first kappa shape index (κ1) is 17.5. The number of hydrogen-bond acceptors (Lipinski definition) is 6. The number of thioether (sulfide) groups is 1. The summed E-state index contributed by atoms with van der Waals surface area (Å²) in [5, 5.41) is 18.9. The van der Waals surface area contributed by atoms with Gasteiger partial charge < -0.3 is 15.2 Å². The van der Waals surface area contributed by atoms with Crippen LogP contribution in [0.4, 0.5) is 0 Å². The molecule has 25 heavy (non-hydrogen) atoms. The summed E-state index contributed by atoms with van der Waals surface area (Å²) < 4.78 is 5.95. The Balaban J connectivity index is 1.71. The summed E-state index contributed by atoms with van der Waals surface area (Å²) in [5.41, 5.74) is 2.89. The molecule has 0 spiro atoms. The number of amidine groups is 1. The quantitative estimate of drug-likeness (QED) is 0.632. The lowest BCUT2D eigenvalue weighted by Gasteiger charge is -2.17. The van der Waals surface area contributed by atoms with Gasteiger partial charge in [-0.1, -0.05) is 11.8 Å². The van der Waals surface area contributed by atoms with E-state index in [2.05, 4.69) is 29.4 Å². The van der Waals surface area contributed by atoms with E-state index in [1.54, 1.807) is 6.21 Å². The molecule has 0 radical (unpaired) electrons. The smallest absolute Gasteiger partial charge is 0.305 e. The summed E-state index contributed by atoms with van der Waals surface area (Å²) in [7, 11) is 0. The molecule has 7 nitrogen and oxygen atoms in total. The van der Waals surface area contributed by atoms with Gasteiger partial charge in [0.1, 0.15) is 16.6 Å². The maximum atomic E-state index is 11.6. The molecule has 2 heterocycles.